The number of rotatable bonds is 10. The summed E-state index contributed by atoms with van der Waals surface area (Å²) in [6.07, 6.45) is 5.99. The molecule has 0 radical (unpaired) electrons. The molecule has 2 amide bonds. The molecule has 0 saturated carbocycles. The predicted octanol–water partition coefficient (Wildman–Crippen LogP) is 9.20. The number of nitrogens with two attached hydrogens (primary N) is 2. The number of benzene rings is 4. The molecule has 0 aliphatic carbocycles. The molecule has 90 heavy (non-hydrogen) atoms. The van der Waals surface area contributed by atoms with Crippen LogP contribution in [-0.4, -0.2) is 115 Å². The van der Waals surface area contributed by atoms with Crippen LogP contribution in [0.15, 0.2) is 137 Å². The van der Waals surface area contributed by atoms with Gasteiger partial charge in [0.1, 0.15) is 35.8 Å². The van der Waals surface area contributed by atoms with Crippen LogP contribution in [0.25, 0.3) is 91.2 Å². The smallest absolute Gasteiger partial charge is 0.268 e. The van der Waals surface area contributed by atoms with Crippen LogP contribution in [0.2, 0.25) is 0 Å². The number of para-hydroxylation sites is 2. The highest BCUT2D eigenvalue weighted by Gasteiger charge is 2.19. The fourth-order valence-electron chi connectivity index (χ4n) is 7.80. The van der Waals surface area contributed by atoms with Gasteiger partial charge in [-0.3, -0.25) is 19.6 Å². The van der Waals surface area contributed by atoms with E-state index in [1.165, 1.54) is 25.5 Å². The molecule has 4 aromatic carbocycles. The number of nitrogen functional groups attached to an aromatic ring is 2. The number of anilines is 4. The van der Waals surface area contributed by atoms with Gasteiger partial charge in [0.25, 0.3) is 11.8 Å². The summed E-state index contributed by atoms with van der Waals surface area (Å²) in [5.74, 6) is 13.6. The van der Waals surface area contributed by atoms with Crippen molar-refractivity contribution in [2.75, 3.05) is 35.3 Å². The first-order chi connectivity index (χ1) is 42.7. The number of aromatic amines is 2. The van der Waals surface area contributed by atoms with Crippen LogP contribution in [-0.2, 0) is 9.59 Å². The molecule has 0 atom stereocenters. The minimum atomic E-state index is -0.460. The van der Waals surface area contributed by atoms with Gasteiger partial charge in [0.05, 0.1) is 70.9 Å². The number of hydrogen-bond acceptors (Lipinski definition) is 25. The highest BCUT2D eigenvalue weighted by molar-refractivity contribution is 5.92. The molecular weight excluding hydrogens is 1150 g/mol. The third-order valence-corrected chi connectivity index (χ3v) is 11.8. The topological polar surface area (TPSA) is 483 Å². The second-order valence-electron chi connectivity index (χ2n) is 18.4. The summed E-state index contributed by atoms with van der Waals surface area (Å²) in [5, 5.41) is 47.2. The summed E-state index contributed by atoms with van der Waals surface area (Å²) in [6, 6.07) is 34.2. The third kappa shape index (κ3) is 16.9. The maximum Gasteiger partial charge on any atom is 0.268 e. The Hall–Kier alpha value is -12.6. The fraction of sp³-hybridized carbons (Fsp3) is 0.131. The highest BCUT2D eigenvalue weighted by atomic mass is 16.4. The summed E-state index contributed by atoms with van der Waals surface area (Å²) in [6.45, 7) is 6.79. The van der Waals surface area contributed by atoms with Crippen LogP contribution < -0.4 is 34.4 Å². The maximum atomic E-state index is 11.5. The Morgan fingerprint density at radius 3 is 1.58 bits per heavy atom. The highest BCUT2D eigenvalue weighted by Crippen LogP contribution is 2.28. The van der Waals surface area contributed by atoms with E-state index in [0.717, 1.165) is 38.8 Å². The van der Waals surface area contributed by atoms with E-state index < -0.39 is 5.91 Å². The number of nitrogens with one attached hydrogen (secondary N) is 4. The average molecular weight is 1220 g/mol. The van der Waals surface area contributed by atoms with Crippen LogP contribution in [0, 0.1) is 55.8 Å². The summed E-state index contributed by atoms with van der Waals surface area (Å²) >= 11 is 0. The van der Waals surface area contributed by atoms with Gasteiger partial charge >= 0.3 is 0 Å². The van der Waals surface area contributed by atoms with Crippen LogP contribution in [0.5, 0.6) is 0 Å². The molecule has 0 aliphatic rings. The number of carbonyl (C=O) groups is 2. The van der Waals surface area contributed by atoms with Gasteiger partial charge < -0.3 is 63.4 Å². The lowest BCUT2D eigenvalue weighted by atomic mass is 10.2. The lowest BCUT2D eigenvalue weighted by Gasteiger charge is -2.05. The van der Waals surface area contributed by atoms with Crippen LogP contribution in [0.4, 0.5) is 23.3 Å². The number of nitriles is 1. The van der Waals surface area contributed by atoms with Gasteiger partial charge in [0.2, 0.25) is 23.6 Å². The number of aliphatic hydroxyl groups excluding tert-OH is 2. The van der Waals surface area contributed by atoms with Crippen molar-refractivity contribution in [2.24, 2.45) is 0 Å². The van der Waals surface area contributed by atoms with Crippen molar-refractivity contribution in [2.45, 2.75) is 40.5 Å². The molecule has 8 heterocycles. The van der Waals surface area contributed by atoms with Crippen LogP contribution in [0.3, 0.4) is 0 Å². The second-order valence-corrected chi connectivity index (χ2v) is 18.4. The summed E-state index contributed by atoms with van der Waals surface area (Å²) in [5.41, 5.74) is 21.8. The van der Waals surface area contributed by atoms with E-state index in [4.69, 9.17) is 35.8 Å². The fourth-order valence-corrected chi connectivity index (χ4v) is 7.80. The minimum Gasteiger partial charge on any atom is -0.415 e. The zero-order valence-electron chi connectivity index (χ0n) is 48.8. The Bertz CT molecular complexity index is 4610. The Morgan fingerprint density at radius 2 is 1.07 bits per heavy atom. The van der Waals surface area contributed by atoms with Gasteiger partial charge in [-0.15, -0.1) is 20.4 Å². The zero-order valence-corrected chi connectivity index (χ0v) is 48.8. The number of aromatic nitrogens is 16. The number of H-pyrrole nitrogens is 2. The monoisotopic (exact) mass is 1220 g/mol. The zero-order chi connectivity index (χ0) is 61.9. The molecule has 0 aliphatic heterocycles. The molecule has 8 aromatic heterocycles. The normalized spacial score (nSPS) is 10.1. The van der Waals surface area contributed by atoms with Crippen molar-refractivity contribution in [1.29, 1.82) is 5.26 Å². The molecule has 0 unspecified atom stereocenters. The van der Waals surface area contributed by atoms with E-state index in [1.54, 1.807) is 19.2 Å². The Balaban J connectivity index is 0.000000623. The van der Waals surface area contributed by atoms with Gasteiger partial charge in [-0.25, -0.2) is 39.9 Å². The quantitative estimate of drug-likeness (QED) is 0.0570. The predicted molar refractivity (Wildman–Crippen MR) is 347 cm³/mol. The first-order valence-corrected chi connectivity index (χ1v) is 26.5. The van der Waals surface area contributed by atoms with Crippen LogP contribution in [0.1, 0.15) is 56.7 Å². The Morgan fingerprint density at radius 1 is 0.578 bits per heavy atom. The van der Waals surface area contributed by atoms with Crippen molar-refractivity contribution >= 4 is 57.2 Å². The molecule has 12 rings (SSSR count). The Kier molecular flexibility index (Phi) is 22.4. The van der Waals surface area contributed by atoms with Crippen LogP contribution >= 0.6 is 0 Å². The van der Waals surface area contributed by atoms with E-state index in [0.29, 0.717) is 87.1 Å². The number of amides is 2. The summed E-state index contributed by atoms with van der Waals surface area (Å²) < 4.78 is 11.4. The number of imidazole rings is 2. The van der Waals surface area contributed by atoms with E-state index in [-0.39, 0.29) is 69.7 Å². The molecule has 16 N–H and O–H groups in total. The van der Waals surface area contributed by atoms with Crippen molar-refractivity contribution in [1.82, 2.24) is 92.5 Å². The molecule has 12 aromatic rings. The number of aliphatic hydroxyl groups is 2. The number of aryl methyl sites for hydroxylation is 3. The minimum absolute atomic E-state index is 0. The Labute approximate surface area is 521 Å². The molecule has 464 valence electrons. The van der Waals surface area contributed by atoms with Crippen molar-refractivity contribution in [3.63, 3.8) is 0 Å². The standard InChI is InChI=1S/C17H14N4O2.C16H12N4O2.C15H13N7O.C13H12N6O.2H3N.6H2/c1-12-15(19-14(11-18-12)9-5-6-10-22)17-21-20-16(23-17)13-7-3-2-4-8-13;1-11-14(18-13(10-17-11)8-5-9-21)16-20-19-15(22-16)12-6-3-2-4-7-12;1-8-2-3-9-10(6-8)20-15(19-9)13-14(17)18-7-11(22-13)21-12(23)4-5-16;1-7(20)16-10-6-15-12(14)11(19-10)13-17-8-4-2-3-5-9(8)18-13;;;;;;;;/h2-4,7-8,11,22H,6,10H2,1H3;2-4,6-7,10,21H,9H2,1H3;2-3,6-7H,4H2,1H3,(H2,17,18)(H,19,20)(H,21,22,23);2-6H,1H3,(H2,14,15)(H,17,18)(H,16,19,20);2*1H3;6*1H. The molecule has 0 saturated heterocycles. The van der Waals surface area contributed by atoms with E-state index >= 15 is 0 Å². The molecular formula is C61H69N23O6. The van der Waals surface area contributed by atoms with Gasteiger partial charge in [-0.05, 0) is 86.7 Å². The van der Waals surface area contributed by atoms with Crippen molar-refractivity contribution < 1.29 is 37.2 Å². The third-order valence-electron chi connectivity index (χ3n) is 11.8. The summed E-state index contributed by atoms with van der Waals surface area (Å²) in [7, 11) is 0. The number of carbonyl (C=O) groups excluding carboxylic acids is 2. The van der Waals surface area contributed by atoms with Crippen molar-refractivity contribution in [3.05, 3.63) is 156 Å². The molecule has 29 nitrogen and oxygen atoms in total. The maximum absolute atomic E-state index is 11.5. The van der Waals surface area contributed by atoms with E-state index in [1.807, 2.05) is 117 Å². The molecule has 29 heteroatoms. The lowest BCUT2D eigenvalue weighted by Crippen LogP contribution is -2.12. The largest absolute Gasteiger partial charge is 0.415 e. The van der Waals surface area contributed by atoms with Gasteiger partial charge in [-0.2, -0.15) is 5.26 Å². The second kappa shape index (κ2) is 31.0. The lowest BCUT2D eigenvalue weighted by molar-refractivity contribution is -0.115. The van der Waals surface area contributed by atoms with Gasteiger partial charge in [-0.1, -0.05) is 66.4 Å². The first kappa shape index (κ1) is 65.0. The SMILES string of the molecule is CC(=O)Nc1cnc(N)c(-c2nc3ccccc3[nH]2)n1.Cc1ccc2nc(-c3nc(NC(=O)CC#N)cnc3N)[nH]c2c1.Cc1ncc(C#CCCO)nc1-c1nnc(-c2ccccc2)o1.Cc1ncc(C#CCO)nc1-c1nnc(-c2ccccc2)o1.N.N.[HH].[HH].[HH].[HH].[HH].[HH]. The number of nitrogens with zero attached hydrogens (tertiary/aromatic N) is 15. The van der Waals surface area contributed by atoms with Gasteiger partial charge in [0.15, 0.2) is 46.3 Å². The summed E-state index contributed by atoms with van der Waals surface area (Å²) in [4.78, 5) is 71.4. The van der Waals surface area contributed by atoms with E-state index in [9.17, 15) is 9.59 Å². The van der Waals surface area contributed by atoms with Crippen molar-refractivity contribution in [3.8, 4) is 98.9 Å². The molecule has 0 bridgehead atoms. The number of hydrogen-bond donors (Lipinski definition) is 10. The van der Waals surface area contributed by atoms with Gasteiger partial charge in [0, 0.05) is 33.0 Å². The number of fused-ring (bicyclic) bond motifs is 2. The average Bonchev–Trinajstić information content (AvgIpc) is 1.77. The first-order valence-electron chi connectivity index (χ1n) is 26.5. The molecule has 0 spiro atoms. The van der Waals surface area contributed by atoms with E-state index in [2.05, 4.69) is 115 Å². The molecule has 0 fully saturated rings.